The summed E-state index contributed by atoms with van der Waals surface area (Å²) in [5, 5.41) is 19.2. The van der Waals surface area contributed by atoms with Crippen LogP contribution in [-0.4, -0.2) is 9.55 Å². The summed E-state index contributed by atoms with van der Waals surface area (Å²) in [4.78, 5) is 4.45. The largest absolute Gasteiger partial charge is 0.309 e. The molecule has 2 heterocycles. The van der Waals surface area contributed by atoms with Gasteiger partial charge < -0.3 is 4.57 Å². The van der Waals surface area contributed by atoms with Gasteiger partial charge in [-0.1, -0.05) is 91.0 Å². The maximum atomic E-state index is 9.84. The number of hydrogen-bond acceptors (Lipinski definition) is 2. The van der Waals surface area contributed by atoms with Crippen molar-refractivity contribution in [2.45, 2.75) is 0 Å². The quantitative estimate of drug-likeness (QED) is 0.198. The van der Waals surface area contributed by atoms with Gasteiger partial charge in [0.15, 0.2) is 0 Å². The second-order valence-electron chi connectivity index (χ2n) is 11.5. The topological polar surface area (TPSA) is 41.6 Å². The minimum atomic E-state index is 0.655. The van der Waals surface area contributed by atoms with Gasteiger partial charge in [0, 0.05) is 34.4 Å². The minimum Gasteiger partial charge on any atom is -0.309 e. The van der Waals surface area contributed by atoms with Gasteiger partial charge in [-0.05, 0) is 97.5 Å². The van der Waals surface area contributed by atoms with Crippen molar-refractivity contribution in [3.05, 3.63) is 157 Å². The number of rotatable bonds is 3. The van der Waals surface area contributed by atoms with Crippen LogP contribution in [0, 0.1) is 11.3 Å². The normalized spacial score (nSPS) is 11.5. The first-order valence-electron chi connectivity index (χ1n) is 15.1. The molecular formula is C42H25N3. The Balaban J connectivity index is 1.37. The summed E-state index contributed by atoms with van der Waals surface area (Å²) in [5.41, 5.74) is 8.61. The van der Waals surface area contributed by atoms with E-state index in [9.17, 15) is 5.26 Å². The molecule has 9 aromatic rings. The number of pyridine rings is 1. The van der Waals surface area contributed by atoms with Gasteiger partial charge in [0.05, 0.1) is 22.7 Å². The Morgan fingerprint density at radius 2 is 1.11 bits per heavy atom. The Morgan fingerprint density at radius 3 is 1.78 bits per heavy atom. The third kappa shape index (κ3) is 3.87. The van der Waals surface area contributed by atoms with E-state index >= 15 is 0 Å². The summed E-state index contributed by atoms with van der Waals surface area (Å²) in [6.45, 7) is 0. The predicted molar refractivity (Wildman–Crippen MR) is 187 cm³/mol. The van der Waals surface area contributed by atoms with E-state index in [4.69, 9.17) is 0 Å². The van der Waals surface area contributed by atoms with Crippen molar-refractivity contribution in [1.82, 2.24) is 9.55 Å². The van der Waals surface area contributed by atoms with Gasteiger partial charge in [-0.25, -0.2) is 0 Å². The number of nitrogens with zero attached hydrogens (tertiary/aromatic N) is 3. The van der Waals surface area contributed by atoms with Crippen LogP contribution in [0.2, 0.25) is 0 Å². The van der Waals surface area contributed by atoms with E-state index in [1.54, 1.807) is 0 Å². The van der Waals surface area contributed by atoms with Crippen LogP contribution < -0.4 is 0 Å². The standard InChI is InChI=1S/C42H25N3/c43-25-27-15-19-39-37(22-27)38-24-30(17-20-40(38)45(39)32-18-16-28-8-1-2-9-29(28)23-32)41-33-11-3-5-13-35(33)42(31-10-7-21-44-26-31)36-14-6-4-12-34(36)41/h1-24,26H. The number of benzene rings is 7. The average molecular weight is 572 g/mol. The third-order valence-electron chi connectivity index (χ3n) is 9.06. The Kier molecular flexibility index (Phi) is 5.57. The summed E-state index contributed by atoms with van der Waals surface area (Å²) in [6, 6.07) is 51.8. The zero-order valence-electron chi connectivity index (χ0n) is 24.3. The van der Waals surface area contributed by atoms with Gasteiger partial charge in [0.1, 0.15) is 0 Å². The summed E-state index contributed by atoms with van der Waals surface area (Å²) in [7, 11) is 0. The highest BCUT2D eigenvalue weighted by atomic mass is 15.0. The van der Waals surface area contributed by atoms with Crippen LogP contribution in [0.4, 0.5) is 0 Å². The van der Waals surface area contributed by atoms with Crippen LogP contribution in [0.3, 0.4) is 0 Å². The number of nitriles is 1. The van der Waals surface area contributed by atoms with Crippen LogP contribution in [0.25, 0.3) is 82.1 Å². The Morgan fingerprint density at radius 1 is 0.489 bits per heavy atom. The van der Waals surface area contributed by atoms with E-state index < -0.39 is 0 Å². The Labute approximate surface area is 259 Å². The van der Waals surface area contributed by atoms with Crippen LogP contribution in [0.5, 0.6) is 0 Å². The molecule has 2 aromatic heterocycles. The van der Waals surface area contributed by atoms with Gasteiger partial charge in [-0.15, -0.1) is 0 Å². The highest BCUT2D eigenvalue weighted by molar-refractivity contribution is 6.22. The molecule has 3 heteroatoms. The number of aromatic nitrogens is 2. The van der Waals surface area contributed by atoms with Crippen LogP contribution >= 0.6 is 0 Å². The molecule has 3 nitrogen and oxygen atoms in total. The van der Waals surface area contributed by atoms with Crippen molar-refractivity contribution in [2.75, 3.05) is 0 Å². The second kappa shape index (κ2) is 9.91. The molecule has 9 rings (SSSR count). The molecule has 7 aromatic carbocycles. The molecule has 0 radical (unpaired) electrons. The minimum absolute atomic E-state index is 0.655. The first-order chi connectivity index (χ1) is 22.3. The molecule has 208 valence electrons. The summed E-state index contributed by atoms with van der Waals surface area (Å²) in [6.07, 6.45) is 3.78. The summed E-state index contributed by atoms with van der Waals surface area (Å²) < 4.78 is 2.32. The fraction of sp³-hybridized carbons (Fsp3) is 0. The lowest BCUT2D eigenvalue weighted by Crippen LogP contribution is -1.94. The van der Waals surface area contributed by atoms with Crippen LogP contribution in [-0.2, 0) is 0 Å². The van der Waals surface area contributed by atoms with Gasteiger partial charge in [0.25, 0.3) is 0 Å². The van der Waals surface area contributed by atoms with Gasteiger partial charge >= 0.3 is 0 Å². The van der Waals surface area contributed by atoms with Crippen molar-refractivity contribution < 1.29 is 0 Å². The van der Waals surface area contributed by atoms with Crippen molar-refractivity contribution in [1.29, 1.82) is 5.26 Å². The van der Waals surface area contributed by atoms with Crippen molar-refractivity contribution >= 4 is 54.1 Å². The van der Waals surface area contributed by atoms with Gasteiger partial charge in [-0.3, -0.25) is 4.98 Å². The lowest BCUT2D eigenvalue weighted by atomic mass is 9.86. The molecule has 0 saturated heterocycles. The van der Waals surface area contributed by atoms with E-state index in [1.165, 1.54) is 43.4 Å². The number of hydrogen-bond donors (Lipinski definition) is 0. The molecule has 0 aliphatic heterocycles. The van der Waals surface area contributed by atoms with E-state index in [-0.39, 0.29) is 0 Å². The molecule has 0 spiro atoms. The SMILES string of the molecule is N#Cc1ccc2c(c1)c1cc(-c3c4ccccc4c(-c4cccnc4)c4ccccc34)ccc1n2-c1ccc2ccccc2c1. The summed E-state index contributed by atoms with van der Waals surface area (Å²) >= 11 is 0. The highest BCUT2D eigenvalue weighted by Gasteiger charge is 2.19. The van der Waals surface area contributed by atoms with Gasteiger partial charge in [0.2, 0.25) is 0 Å². The molecule has 45 heavy (non-hydrogen) atoms. The zero-order chi connectivity index (χ0) is 29.9. The maximum Gasteiger partial charge on any atom is 0.0991 e. The Bertz CT molecular complexity index is 2600. The summed E-state index contributed by atoms with van der Waals surface area (Å²) in [5.74, 6) is 0. The van der Waals surface area contributed by atoms with Crippen molar-refractivity contribution in [3.8, 4) is 34.0 Å². The molecular weight excluding hydrogens is 546 g/mol. The monoisotopic (exact) mass is 571 g/mol. The molecule has 0 N–H and O–H groups in total. The smallest absolute Gasteiger partial charge is 0.0991 e. The molecule has 0 saturated carbocycles. The van der Waals surface area contributed by atoms with Gasteiger partial charge in [-0.2, -0.15) is 5.26 Å². The highest BCUT2D eigenvalue weighted by Crippen LogP contribution is 2.45. The molecule has 0 unspecified atom stereocenters. The van der Waals surface area contributed by atoms with Crippen molar-refractivity contribution in [3.63, 3.8) is 0 Å². The second-order valence-corrected chi connectivity index (χ2v) is 11.5. The van der Waals surface area contributed by atoms with Crippen LogP contribution in [0.1, 0.15) is 5.56 Å². The van der Waals surface area contributed by atoms with Crippen LogP contribution in [0.15, 0.2) is 152 Å². The lowest BCUT2D eigenvalue weighted by Gasteiger charge is -2.17. The molecule has 0 aliphatic rings. The first-order valence-corrected chi connectivity index (χ1v) is 15.1. The maximum absolute atomic E-state index is 9.84. The third-order valence-corrected chi connectivity index (χ3v) is 9.06. The molecule has 0 bridgehead atoms. The Hall–Kier alpha value is -6.24. The predicted octanol–water partition coefficient (Wildman–Crippen LogP) is 10.8. The molecule has 0 fully saturated rings. The van der Waals surface area contributed by atoms with E-state index in [2.05, 4.69) is 137 Å². The molecule has 0 aliphatic carbocycles. The first kappa shape index (κ1) is 25.3. The number of fused-ring (bicyclic) bond motifs is 6. The fourth-order valence-electron chi connectivity index (χ4n) is 7.10. The average Bonchev–Trinajstić information content (AvgIpc) is 3.43. The van der Waals surface area contributed by atoms with E-state index in [0.717, 1.165) is 38.6 Å². The van der Waals surface area contributed by atoms with E-state index in [0.29, 0.717) is 5.56 Å². The molecule has 0 atom stereocenters. The van der Waals surface area contributed by atoms with E-state index in [1.807, 2.05) is 30.6 Å². The fourth-order valence-corrected chi connectivity index (χ4v) is 7.10. The lowest BCUT2D eigenvalue weighted by molar-refractivity contribution is 1.19. The molecule has 0 amide bonds. The zero-order valence-corrected chi connectivity index (χ0v) is 24.3. The van der Waals surface area contributed by atoms with Crippen molar-refractivity contribution in [2.24, 2.45) is 0 Å².